The average Bonchev–Trinajstić information content (AvgIpc) is 2.57. The van der Waals surface area contributed by atoms with E-state index in [0.29, 0.717) is 12.0 Å². The van der Waals surface area contributed by atoms with Gasteiger partial charge in [-0.1, -0.05) is 30.7 Å². The standard InChI is InChI=1S/C15H19ClN2.ClH/c1-3-7-18-9-11-5-4-6-13-14(11)12(8-10(18)2)15(16)17-13;/h4-6,10,12H,3,7-9H2,1-2H3;1H. The zero-order valence-electron chi connectivity index (χ0n) is 11.4. The maximum atomic E-state index is 6.34. The highest BCUT2D eigenvalue weighted by Crippen LogP contribution is 2.44. The summed E-state index contributed by atoms with van der Waals surface area (Å²) in [5.74, 6) is 0.328. The van der Waals surface area contributed by atoms with Crippen molar-refractivity contribution in [2.75, 3.05) is 6.54 Å². The van der Waals surface area contributed by atoms with E-state index in [1.807, 2.05) is 0 Å². The van der Waals surface area contributed by atoms with Gasteiger partial charge < -0.3 is 0 Å². The number of nitrogens with zero attached hydrogens (tertiary/aromatic N) is 2. The van der Waals surface area contributed by atoms with Crippen molar-refractivity contribution in [3.05, 3.63) is 29.3 Å². The van der Waals surface area contributed by atoms with Crippen LogP contribution >= 0.6 is 24.0 Å². The first-order valence-electron chi connectivity index (χ1n) is 6.80. The quantitative estimate of drug-likeness (QED) is 0.786. The molecule has 2 heterocycles. The zero-order chi connectivity index (χ0) is 12.7. The van der Waals surface area contributed by atoms with E-state index in [0.717, 1.165) is 30.4 Å². The van der Waals surface area contributed by atoms with E-state index in [9.17, 15) is 0 Å². The Morgan fingerprint density at radius 2 is 2.21 bits per heavy atom. The number of rotatable bonds is 2. The summed E-state index contributed by atoms with van der Waals surface area (Å²) in [4.78, 5) is 7.08. The maximum absolute atomic E-state index is 6.34. The molecule has 0 spiro atoms. The molecule has 0 amide bonds. The largest absolute Gasteiger partial charge is 0.296 e. The molecular weight excluding hydrogens is 279 g/mol. The molecule has 0 fully saturated rings. The van der Waals surface area contributed by atoms with Crippen LogP contribution in [0, 0.1) is 0 Å². The monoisotopic (exact) mass is 298 g/mol. The first-order chi connectivity index (χ1) is 8.70. The molecule has 1 aromatic carbocycles. The van der Waals surface area contributed by atoms with Gasteiger partial charge in [0.25, 0.3) is 0 Å². The molecule has 2 aliphatic rings. The second-order valence-corrected chi connectivity index (χ2v) is 5.78. The topological polar surface area (TPSA) is 15.6 Å². The van der Waals surface area contributed by atoms with E-state index in [1.54, 1.807) is 0 Å². The highest BCUT2D eigenvalue weighted by molar-refractivity contribution is 6.67. The van der Waals surface area contributed by atoms with Crippen LogP contribution < -0.4 is 0 Å². The van der Waals surface area contributed by atoms with Gasteiger partial charge in [-0.25, -0.2) is 4.99 Å². The SMILES string of the molecule is CCCN1Cc2cccc3c2C(CC1C)C(Cl)=N3.Cl. The Kier molecular flexibility index (Phi) is 4.54. The molecule has 0 radical (unpaired) electrons. The highest BCUT2D eigenvalue weighted by Gasteiger charge is 2.34. The van der Waals surface area contributed by atoms with Gasteiger partial charge in [0, 0.05) is 18.5 Å². The summed E-state index contributed by atoms with van der Waals surface area (Å²) in [6, 6.07) is 6.99. The molecule has 104 valence electrons. The second-order valence-electron chi connectivity index (χ2n) is 5.39. The summed E-state index contributed by atoms with van der Waals surface area (Å²) in [7, 11) is 0. The molecule has 2 unspecified atom stereocenters. The Morgan fingerprint density at radius 3 is 2.95 bits per heavy atom. The van der Waals surface area contributed by atoms with E-state index in [4.69, 9.17) is 11.6 Å². The predicted molar refractivity (Wildman–Crippen MR) is 84.2 cm³/mol. The van der Waals surface area contributed by atoms with Crippen molar-refractivity contribution in [2.24, 2.45) is 4.99 Å². The van der Waals surface area contributed by atoms with Gasteiger partial charge in [0.2, 0.25) is 0 Å². The second kappa shape index (κ2) is 5.82. The molecule has 0 aromatic heterocycles. The van der Waals surface area contributed by atoms with Gasteiger partial charge in [-0.2, -0.15) is 0 Å². The van der Waals surface area contributed by atoms with Crippen molar-refractivity contribution in [3.63, 3.8) is 0 Å². The predicted octanol–water partition coefficient (Wildman–Crippen LogP) is 4.48. The van der Waals surface area contributed by atoms with Crippen LogP contribution in [-0.2, 0) is 6.54 Å². The number of benzene rings is 1. The lowest BCUT2D eigenvalue weighted by Gasteiger charge is -2.27. The molecule has 0 bridgehead atoms. The van der Waals surface area contributed by atoms with Crippen molar-refractivity contribution in [3.8, 4) is 0 Å². The van der Waals surface area contributed by atoms with Crippen LogP contribution in [-0.4, -0.2) is 22.7 Å². The normalized spacial score (nSPS) is 25.3. The van der Waals surface area contributed by atoms with E-state index >= 15 is 0 Å². The molecule has 2 atom stereocenters. The van der Waals surface area contributed by atoms with E-state index < -0.39 is 0 Å². The molecule has 4 heteroatoms. The third-order valence-electron chi connectivity index (χ3n) is 4.12. The molecule has 0 N–H and O–H groups in total. The summed E-state index contributed by atoms with van der Waals surface area (Å²) in [5, 5.41) is 0.780. The average molecular weight is 299 g/mol. The van der Waals surface area contributed by atoms with Crippen molar-refractivity contribution in [1.29, 1.82) is 0 Å². The molecule has 0 aliphatic carbocycles. The summed E-state index contributed by atoms with van der Waals surface area (Å²) >= 11 is 6.34. The molecule has 1 aromatic rings. The third kappa shape index (κ3) is 2.54. The molecule has 19 heavy (non-hydrogen) atoms. The smallest absolute Gasteiger partial charge is 0.114 e. The first kappa shape index (κ1) is 14.8. The fourth-order valence-corrected chi connectivity index (χ4v) is 3.51. The molecule has 2 nitrogen and oxygen atoms in total. The summed E-state index contributed by atoms with van der Waals surface area (Å²) in [6.45, 7) is 6.75. The minimum Gasteiger partial charge on any atom is -0.296 e. The lowest BCUT2D eigenvalue weighted by Crippen LogP contribution is -2.32. The van der Waals surface area contributed by atoms with Gasteiger partial charge in [0.1, 0.15) is 5.17 Å². The minimum absolute atomic E-state index is 0. The van der Waals surface area contributed by atoms with Crippen LogP contribution in [0.2, 0.25) is 0 Å². The first-order valence-corrected chi connectivity index (χ1v) is 7.18. The van der Waals surface area contributed by atoms with Crippen molar-refractivity contribution in [2.45, 2.75) is 45.2 Å². The minimum atomic E-state index is 0. The van der Waals surface area contributed by atoms with Crippen molar-refractivity contribution < 1.29 is 0 Å². The van der Waals surface area contributed by atoms with Crippen LogP contribution in [0.4, 0.5) is 5.69 Å². The molecular formula is C15H20Cl2N2. The highest BCUT2D eigenvalue weighted by atomic mass is 35.5. The zero-order valence-corrected chi connectivity index (χ0v) is 13.0. The Morgan fingerprint density at radius 1 is 1.42 bits per heavy atom. The third-order valence-corrected chi connectivity index (χ3v) is 4.47. The number of hydrogen-bond donors (Lipinski definition) is 0. The van der Waals surface area contributed by atoms with E-state index in [2.05, 4.69) is 41.9 Å². The van der Waals surface area contributed by atoms with Gasteiger partial charge in [-0.15, -0.1) is 12.4 Å². The van der Waals surface area contributed by atoms with Crippen LogP contribution in [0.5, 0.6) is 0 Å². The lowest BCUT2D eigenvalue weighted by molar-refractivity contribution is 0.197. The Balaban J connectivity index is 0.00000133. The summed E-state index contributed by atoms with van der Waals surface area (Å²) in [6.07, 6.45) is 2.29. The molecule has 0 saturated heterocycles. The fraction of sp³-hybridized carbons (Fsp3) is 0.533. The Labute approximate surface area is 126 Å². The summed E-state index contributed by atoms with van der Waals surface area (Å²) < 4.78 is 0. The van der Waals surface area contributed by atoms with Crippen LogP contribution in [0.3, 0.4) is 0 Å². The molecule has 2 aliphatic heterocycles. The van der Waals surface area contributed by atoms with Crippen LogP contribution in [0.25, 0.3) is 0 Å². The Bertz CT molecular complexity index is 499. The van der Waals surface area contributed by atoms with Gasteiger partial charge in [-0.3, -0.25) is 4.90 Å². The van der Waals surface area contributed by atoms with Crippen molar-refractivity contribution in [1.82, 2.24) is 4.90 Å². The molecule has 3 rings (SSSR count). The van der Waals surface area contributed by atoms with Crippen molar-refractivity contribution >= 4 is 34.9 Å². The maximum Gasteiger partial charge on any atom is 0.114 e. The van der Waals surface area contributed by atoms with Gasteiger partial charge in [0.15, 0.2) is 0 Å². The summed E-state index contributed by atoms with van der Waals surface area (Å²) in [5.41, 5.74) is 3.88. The van der Waals surface area contributed by atoms with E-state index in [-0.39, 0.29) is 12.4 Å². The Hall–Kier alpha value is -0.570. The van der Waals surface area contributed by atoms with E-state index in [1.165, 1.54) is 17.5 Å². The fourth-order valence-electron chi connectivity index (χ4n) is 3.22. The van der Waals surface area contributed by atoms with Gasteiger partial charge in [-0.05, 0) is 43.5 Å². The van der Waals surface area contributed by atoms with Crippen LogP contribution in [0.15, 0.2) is 23.2 Å². The number of halogens is 2. The number of hydrogen-bond acceptors (Lipinski definition) is 2. The number of aliphatic imine (C=N–C) groups is 1. The lowest BCUT2D eigenvalue weighted by atomic mass is 9.92. The van der Waals surface area contributed by atoms with Crippen LogP contribution in [0.1, 0.15) is 43.7 Å². The molecule has 0 saturated carbocycles. The van der Waals surface area contributed by atoms with Gasteiger partial charge in [0.05, 0.1) is 5.69 Å². The van der Waals surface area contributed by atoms with Gasteiger partial charge >= 0.3 is 0 Å².